The fourth-order valence-electron chi connectivity index (χ4n) is 3.22. The zero-order valence-corrected chi connectivity index (χ0v) is 16.1. The van der Waals surface area contributed by atoms with Gasteiger partial charge in [0.1, 0.15) is 11.5 Å². The molecule has 0 saturated carbocycles. The third-order valence-electron chi connectivity index (χ3n) is 4.84. The predicted octanol–water partition coefficient (Wildman–Crippen LogP) is 2.34. The number of amides is 1. The van der Waals surface area contributed by atoms with Crippen molar-refractivity contribution in [1.82, 2.24) is 9.97 Å². The predicted molar refractivity (Wildman–Crippen MR) is 105 cm³/mol. The SMILES string of the molecule is CC1(N)CCN(c2nc(N)c(C3=C(Cl)C(Cl)=CCC3)c(C(N)=O)n2)CC1. The lowest BCUT2D eigenvalue weighted by Crippen LogP contribution is -2.48. The number of nitrogens with two attached hydrogens (primary N) is 3. The van der Waals surface area contributed by atoms with Crippen LogP contribution in [-0.4, -0.2) is 34.5 Å². The first-order valence-electron chi connectivity index (χ1n) is 8.46. The van der Waals surface area contributed by atoms with Crippen molar-refractivity contribution in [2.75, 3.05) is 23.7 Å². The number of carbonyl (C=O) groups is 1. The van der Waals surface area contributed by atoms with Crippen molar-refractivity contribution in [3.05, 3.63) is 27.4 Å². The van der Waals surface area contributed by atoms with E-state index in [1.165, 1.54) is 0 Å². The van der Waals surface area contributed by atoms with Crippen LogP contribution in [0.15, 0.2) is 16.1 Å². The third-order valence-corrected chi connectivity index (χ3v) is 5.71. The molecule has 9 heteroatoms. The summed E-state index contributed by atoms with van der Waals surface area (Å²) in [6, 6.07) is 0. The summed E-state index contributed by atoms with van der Waals surface area (Å²) < 4.78 is 0. The first kappa shape index (κ1) is 18.9. The van der Waals surface area contributed by atoms with Crippen molar-refractivity contribution < 1.29 is 4.79 Å². The first-order valence-corrected chi connectivity index (χ1v) is 9.21. The maximum Gasteiger partial charge on any atom is 0.268 e. The number of allylic oxidation sites excluding steroid dienone is 4. The van der Waals surface area contributed by atoms with Gasteiger partial charge in [-0.2, -0.15) is 4.98 Å². The van der Waals surface area contributed by atoms with Crippen LogP contribution in [0.4, 0.5) is 11.8 Å². The van der Waals surface area contributed by atoms with Crippen LogP contribution < -0.4 is 22.1 Å². The van der Waals surface area contributed by atoms with Crippen LogP contribution in [0.3, 0.4) is 0 Å². The molecular formula is C17H22Cl2N6O. The molecule has 1 aromatic rings. The Morgan fingerprint density at radius 1 is 1.27 bits per heavy atom. The molecule has 7 nitrogen and oxygen atoms in total. The zero-order chi connectivity index (χ0) is 19.1. The van der Waals surface area contributed by atoms with Gasteiger partial charge in [-0.1, -0.05) is 29.3 Å². The van der Waals surface area contributed by atoms with E-state index in [4.69, 9.17) is 40.4 Å². The molecule has 1 fully saturated rings. The summed E-state index contributed by atoms with van der Waals surface area (Å²) >= 11 is 12.5. The number of hydrogen-bond donors (Lipinski definition) is 3. The molecular weight excluding hydrogens is 375 g/mol. The summed E-state index contributed by atoms with van der Waals surface area (Å²) in [7, 11) is 0. The topological polar surface area (TPSA) is 124 Å². The normalized spacial score (nSPS) is 20.2. The molecule has 0 atom stereocenters. The van der Waals surface area contributed by atoms with Crippen LogP contribution in [0.5, 0.6) is 0 Å². The fourth-order valence-corrected chi connectivity index (χ4v) is 3.71. The molecule has 1 aliphatic carbocycles. The van der Waals surface area contributed by atoms with Gasteiger partial charge >= 0.3 is 0 Å². The Bertz CT molecular complexity index is 808. The number of hydrogen-bond acceptors (Lipinski definition) is 6. The van der Waals surface area contributed by atoms with Gasteiger partial charge in [0.15, 0.2) is 0 Å². The number of primary amides is 1. The van der Waals surface area contributed by atoms with Crippen LogP contribution in [0, 0.1) is 0 Å². The van der Waals surface area contributed by atoms with E-state index in [2.05, 4.69) is 9.97 Å². The second kappa shape index (κ2) is 7.06. The monoisotopic (exact) mass is 396 g/mol. The van der Waals surface area contributed by atoms with Crippen LogP contribution in [0.1, 0.15) is 48.7 Å². The smallest absolute Gasteiger partial charge is 0.268 e. The number of halogens is 2. The second-order valence-electron chi connectivity index (χ2n) is 7.02. The van der Waals surface area contributed by atoms with Gasteiger partial charge in [-0.3, -0.25) is 4.79 Å². The summed E-state index contributed by atoms with van der Waals surface area (Å²) in [6.07, 6.45) is 4.67. The lowest BCUT2D eigenvalue weighted by molar-refractivity contribution is 0.0995. The van der Waals surface area contributed by atoms with Gasteiger partial charge in [0.2, 0.25) is 5.95 Å². The molecule has 26 heavy (non-hydrogen) atoms. The second-order valence-corrected chi connectivity index (χ2v) is 7.81. The minimum Gasteiger partial charge on any atom is -0.383 e. The van der Waals surface area contributed by atoms with Crippen molar-refractivity contribution in [2.45, 2.75) is 38.1 Å². The Morgan fingerprint density at radius 3 is 2.54 bits per heavy atom. The van der Waals surface area contributed by atoms with E-state index in [-0.39, 0.29) is 17.1 Å². The number of anilines is 2. The van der Waals surface area contributed by atoms with Gasteiger partial charge in [-0.05, 0) is 38.2 Å². The van der Waals surface area contributed by atoms with E-state index < -0.39 is 5.91 Å². The molecule has 2 heterocycles. The Morgan fingerprint density at radius 2 is 1.92 bits per heavy atom. The lowest BCUT2D eigenvalue weighted by Gasteiger charge is -2.37. The Labute approximate surface area is 162 Å². The van der Waals surface area contributed by atoms with Crippen molar-refractivity contribution in [1.29, 1.82) is 0 Å². The summed E-state index contributed by atoms with van der Waals surface area (Å²) in [5, 5.41) is 0.769. The van der Waals surface area contributed by atoms with Crippen LogP contribution >= 0.6 is 23.2 Å². The highest BCUT2D eigenvalue weighted by atomic mass is 35.5. The van der Waals surface area contributed by atoms with Crippen molar-refractivity contribution in [3.63, 3.8) is 0 Å². The largest absolute Gasteiger partial charge is 0.383 e. The molecule has 0 spiro atoms. The molecule has 2 aliphatic rings. The number of aromatic nitrogens is 2. The van der Waals surface area contributed by atoms with E-state index in [0.717, 1.165) is 12.8 Å². The molecule has 1 saturated heterocycles. The third kappa shape index (κ3) is 3.65. The average Bonchev–Trinajstić information content (AvgIpc) is 2.57. The molecule has 0 unspecified atom stereocenters. The van der Waals surface area contributed by atoms with Gasteiger partial charge in [-0.15, -0.1) is 0 Å². The number of carbonyl (C=O) groups excluding carboxylic acids is 1. The summed E-state index contributed by atoms with van der Waals surface area (Å²) in [5.41, 5.74) is 18.8. The van der Waals surface area contributed by atoms with Gasteiger partial charge in [0, 0.05) is 18.6 Å². The number of nitrogens with zero attached hydrogens (tertiary/aromatic N) is 3. The molecule has 6 N–H and O–H groups in total. The minimum absolute atomic E-state index is 0.0631. The molecule has 0 aromatic carbocycles. The van der Waals surface area contributed by atoms with E-state index in [9.17, 15) is 4.79 Å². The van der Waals surface area contributed by atoms with Crippen molar-refractivity contribution in [3.8, 4) is 0 Å². The van der Waals surface area contributed by atoms with E-state index in [1.54, 1.807) is 0 Å². The van der Waals surface area contributed by atoms with E-state index in [0.29, 0.717) is 53.1 Å². The molecule has 3 rings (SSSR count). The number of nitrogen functional groups attached to an aromatic ring is 1. The van der Waals surface area contributed by atoms with Gasteiger partial charge in [-0.25, -0.2) is 4.98 Å². The van der Waals surface area contributed by atoms with Crippen molar-refractivity contribution >= 4 is 46.4 Å². The Hall–Kier alpha value is -1.83. The highest BCUT2D eigenvalue weighted by Gasteiger charge is 2.30. The van der Waals surface area contributed by atoms with Gasteiger partial charge in [0.25, 0.3) is 5.91 Å². The summed E-state index contributed by atoms with van der Waals surface area (Å²) in [4.78, 5) is 22.8. The van der Waals surface area contributed by atoms with E-state index >= 15 is 0 Å². The molecule has 0 bridgehead atoms. The summed E-state index contributed by atoms with van der Waals surface area (Å²) in [5.74, 6) is -0.132. The van der Waals surface area contributed by atoms with Crippen molar-refractivity contribution in [2.24, 2.45) is 11.5 Å². The Kier molecular flexibility index (Phi) is 5.14. The number of rotatable bonds is 3. The maximum atomic E-state index is 12.1. The van der Waals surface area contributed by atoms with Crippen LogP contribution in [0.25, 0.3) is 5.57 Å². The molecule has 1 aliphatic heterocycles. The quantitative estimate of drug-likeness (QED) is 0.719. The highest BCUT2D eigenvalue weighted by molar-refractivity contribution is 6.46. The van der Waals surface area contributed by atoms with Crippen LogP contribution in [-0.2, 0) is 0 Å². The fraction of sp³-hybridized carbons (Fsp3) is 0.471. The lowest BCUT2D eigenvalue weighted by atomic mass is 9.91. The Balaban J connectivity index is 2.04. The van der Waals surface area contributed by atoms with E-state index in [1.807, 2.05) is 17.9 Å². The zero-order valence-electron chi connectivity index (χ0n) is 14.6. The first-order chi connectivity index (χ1) is 12.2. The molecule has 1 aromatic heterocycles. The molecule has 140 valence electrons. The maximum absolute atomic E-state index is 12.1. The standard InChI is InChI=1S/C17H22Cl2N6O/c1-17(22)5-7-25(8-6-17)16-23-13(15(21)26)11(14(20)24-16)9-3-2-4-10(18)12(9)19/h4H,2-3,5-8,22H2,1H3,(H2,21,26)(H2,20,23,24). The molecule has 0 radical (unpaired) electrons. The van der Waals surface area contributed by atoms with Crippen LogP contribution in [0.2, 0.25) is 0 Å². The van der Waals surface area contributed by atoms with Gasteiger partial charge in [0.05, 0.1) is 15.6 Å². The highest BCUT2D eigenvalue weighted by Crippen LogP contribution is 2.39. The van der Waals surface area contributed by atoms with Gasteiger partial charge < -0.3 is 22.1 Å². The number of piperidine rings is 1. The minimum atomic E-state index is -0.682. The average molecular weight is 397 g/mol. The summed E-state index contributed by atoms with van der Waals surface area (Å²) in [6.45, 7) is 3.39. The molecule has 1 amide bonds.